The van der Waals surface area contributed by atoms with Crippen molar-refractivity contribution in [2.75, 3.05) is 0 Å². The monoisotopic (exact) mass is 189 g/mol. The maximum absolute atomic E-state index is 4.50. The van der Waals surface area contributed by atoms with Gasteiger partial charge in [0.15, 0.2) is 5.65 Å². The summed E-state index contributed by atoms with van der Waals surface area (Å²) in [6, 6.07) is 0. The van der Waals surface area contributed by atoms with Crippen LogP contribution in [0.25, 0.3) is 5.65 Å². The average Bonchev–Trinajstić information content (AvgIpc) is 2.42. The molecular weight excluding hydrogens is 174 g/mol. The van der Waals surface area contributed by atoms with Gasteiger partial charge in [0.25, 0.3) is 0 Å². The highest BCUT2D eigenvalue weighted by molar-refractivity contribution is 5.36. The SMILES string of the molecule is CC(C)(C)Cc1cn2ccncc2n1. The van der Waals surface area contributed by atoms with Crippen molar-refractivity contribution in [3.05, 3.63) is 30.5 Å². The maximum Gasteiger partial charge on any atom is 0.155 e. The molecule has 0 aromatic carbocycles. The van der Waals surface area contributed by atoms with Gasteiger partial charge in [0.2, 0.25) is 0 Å². The van der Waals surface area contributed by atoms with Crippen LogP contribution in [0.2, 0.25) is 0 Å². The molecule has 2 aromatic rings. The Kier molecular flexibility index (Phi) is 2.02. The fourth-order valence-corrected chi connectivity index (χ4v) is 1.52. The lowest BCUT2D eigenvalue weighted by Crippen LogP contribution is -2.09. The standard InChI is InChI=1S/C11H15N3/c1-11(2,3)6-9-8-14-5-4-12-7-10(14)13-9/h4-5,7-8H,6H2,1-3H3. The lowest BCUT2D eigenvalue weighted by atomic mass is 9.91. The summed E-state index contributed by atoms with van der Waals surface area (Å²) in [6.45, 7) is 6.65. The first-order valence-electron chi connectivity index (χ1n) is 4.82. The molecule has 0 bridgehead atoms. The van der Waals surface area contributed by atoms with E-state index in [-0.39, 0.29) is 5.41 Å². The minimum Gasteiger partial charge on any atom is -0.304 e. The normalized spacial score (nSPS) is 12.2. The van der Waals surface area contributed by atoms with Crippen LogP contribution in [-0.4, -0.2) is 14.4 Å². The second-order valence-electron chi connectivity index (χ2n) is 4.81. The highest BCUT2D eigenvalue weighted by Crippen LogP contribution is 2.19. The molecule has 0 saturated heterocycles. The molecule has 0 spiro atoms. The van der Waals surface area contributed by atoms with Crippen LogP contribution in [0.1, 0.15) is 26.5 Å². The van der Waals surface area contributed by atoms with Crippen LogP contribution in [0.5, 0.6) is 0 Å². The van der Waals surface area contributed by atoms with Crippen molar-refractivity contribution < 1.29 is 0 Å². The van der Waals surface area contributed by atoms with Crippen molar-refractivity contribution in [2.45, 2.75) is 27.2 Å². The molecule has 0 amide bonds. The topological polar surface area (TPSA) is 30.2 Å². The number of nitrogens with zero attached hydrogens (tertiary/aromatic N) is 3. The van der Waals surface area contributed by atoms with E-state index < -0.39 is 0 Å². The third kappa shape index (κ3) is 1.92. The first kappa shape index (κ1) is 9.19. The number of hydrogen-bond acceptors (Lipinski definition) is 2. The molecule has 3 nitrogen and oxygen atoms in total. The second-order valence-corrected chi connectivity index (χ2v) is 4.81. The first-order chi connectivity index (χ1) is 6.54. The summed E-state index contributed by atoms with van der Waals surface area (Å²) >= 11 is 0. The van der Waals surface area contributed by atoms with Gasteiger partial charge >= 0.3 is 0 Å². The van der Waals surface area contributed by atoms with Gasteiger partial charge in [-0.15, -0.1) is 0 Å². The van der Waals surface area contributed by atoms with E-state index in [9.17, 15) is 0 Å². The number of fused-ring (bicyclic) bond motifs is 1. The minimum atomic E-state index is 0.283. The second kappa shape index (κ2) is 3.08. The van der Waals surface area contributed by atoms with E-state index in [1.807, 2.05) is 10.6 Å². The molecule has 2 rings (SSSR count). The van der Waals surface area contributed by atoms with Crippen LogP contribution >= 0.6 is 0 Å². The van der Waals surface area contributed by atoms with E-state index in [2.05, 4.69) is 36.9 Å². The Morgan fingerprint density at radius 1 is 1.36 bits per heavy atom. The smallest absolute Gasteiger partial charge is 0.155 e. The zero-order valence-corrected chi connectivity index (χ0v) is 8.86. The molecular formula is C11H15N3. The maximum atomic E-state index is 4.50. The van der Waals surface area contributed by atoms with Gasteiger partial charge in [0, 0.05) is 18.6 Å². The summed E-state index contributed by atoms with van der Waals surface area (Å²) in [5.41, 5.74) is 2.34. The fraction of sp³-hybridized carbons (Fsp3) is 0.455. The highest BCUT2D eigenvalue weighted by Gasteiger charge is 2.13. The van der Waals surface area contributed by atoms with Gasteiger partial charge in [0.1, 0.15) is 0 Å². The summed E-state index contributed by atoms with van der Waals surface area (Å²) in [5.74, 6) is 0. The molecule has 0 fully saturated rings. The van der Waals surface area contributed by atoms with Crippen LogP contribution in [0, 0.1) is 5.41 Å². The zero-order chi connectivity index (χ0) is 10.2. The van der Waals surface area contributed by atoms with Crippen LogP contribution in [0.4, 0.5) is 0 Å². The van der Waals surface area contributed by atoms with Gasteiger partial charge in [-0.05, 0) is 11.8 Å². The van der Waals surface area contributed by atoms with Crippen LogP contribution in [0.3, 0.4) is 0 Å². The Balaban J connectivity index is 2.36. The molecule has 0 aliphatic carbocycles. The van der Waals surface area contributed by atoms with Crippen molar-refractivity contribution in [2.24, 2.45) is 5.41 Å². The molecule has 0 radical (unpaired) electrons. The number of aromatic nitrogens is 3. The van der Waals surface area contributed by atoms with Gasteiger partial charge < -0.3 is 4.40 Å². The highest BCUT2D eigenvalue weighted by atomic mass is 15.0. The van der Waals surface area contributed by atoms with Crippen molar-refractivity contribution in [1.82, 2.24) is 14.4 Å². The fourth-order valence-electron chi connectivity index (χ4n) is 1.52. The average molecular weight is 189 g/mol. The van der Waals surface area contributed by atoms with Gasteiger partial charge in [-0.2, -0.15) is 0 Å². The molecule has 0 saturated carbocycles. The van der Waals surface area contributed by atoms with E-state index in [1.54, 1.807) is 12.4 Å². The lowest BCUT2D eigenvalue weighted by molar-refractivity contribution is 0.407. The number of hydrogen-bond donors (Lipinski definition) is 0. The zero-order valence-electron chi connectivity index (χ0n) is 8.86. The van der Waals surface area contributed by atoms with E-state index in [1.165, 1.54) is 0 Å². The third-order valence-electron chi connectivity index (χ3n) is 2.03. The Labute approximate surface area is 83.8 Å². The van der Waals surface area contributed by atoms with Crippen LogP contribution in [0.15, 0.2) is 24.8 Å². The molecule has 3 heteroatoms. The molecule has 0 aliphatic heterocycles. The summed E-state index contributed by atoms with van der Waals surface area (Å²) in [6.07, 6.45) is 8.55. The Bertz CT molecular complexity index is 404. The Morgan fingerprint density at radius 3 is 2.79 bits per heavy atom. The quantitative estimate of drug-likeness (QED) is 0.689. The lowest BCUT2D eigenvalue weighted by Gasteiger charge is -2.15. The Hall–Kier alpha value is -1.38. The third-order valence-corrected chi connectivity index (χ3v) is 2.03. The minimum absolute atomic E-state index is 0.283. The van der Waals surface area contributed by atoms with Crippen molar-refractivity contribution in [1.29, 1.82) is 0 Å². The van der Waals surface area contributed by atoms with E-state index in [0.29, 0.717) is 0 Å². The largest absolute Gasteiger partial charge is 0.304 e. The van der Waals surface area contributed by atoms with Crippen molar-refractivity contribution >= 4 is 5.65 Å². The molecule has 0 unspecified atom stereocenters. The molecule has 0 N–H and O–H groups in total. The molecule has 74 valence electrons. The van der Waals surface area contributed by atoms with Gasteiger partial charge in [-0.25, -0.2) is 4.98 Å². The summed E-state index contributed by atoms with van der Waals surface area (Å²) in [5, 5.41) is 0. The number of rotatable bonds is 1. The number of imidazole rings is 1. The van der Waals surface area contributed by atoms with Gasteiger partial charge in [-0.3, -0.25) is 4.98 Å². The Morgan fingerprint density at radius 2 is 2.14 bits per heavy atom. The molecule has 0 atom stereocenters. The van der Waals surface area contributed by atoms with Gasteiger partial charge in [-0.1, -0.05) is 20.8 Å². The van der Waals surface area contributed by atoms with E-state index in [0.717, 1.165) is 17.8 Å². The summed E-state index contributed by atoms with van der Waals surface area (Å²) in [4.78, 5) is 8.54. The van der Waals surface area contributed by atoms with Crippen LogP contribution in [-0.2, 0) is 6.42 Å². The van der Waals surface area contributed by atoms with Gasteiger partial charge in [0.05, 0.1) is 11.9 Å². The molecule has 14 heavy (non-hydrogen) atoms. The van der Waals surface area contributed by atoms with Crippen LogP contribution < -0.4 is 0 Å². The predicted octanol–water partition coefficient (Wildman–Crippen LogP) is 2.32. The van der Waals surface area contributed by atoms with E-state index >= 15 is 0 Å². The van der Waals surface area contributed by atoms with Crippen molar-refractivity contribution in [3.63, 3.8) is 0 Å². The molecule has 0 aliphatic rings. The van der Waals surface area contributed by atoms with E-state index in [4.69, 9.17) is 0 Å². The molecule has 2 heterocycles. The summed E-state index contributed by atoms with van der Waals surface area (Å²) < 4.78 is 2.01. The first-order valence-corrected chi connectivity index (χ1v) is 4.82. The summed E-state index contributed by atoms with van der Waals surface area (Å²) in [7, 11) is 0. The predicted molar refractivity (Wildman–Crippen MR) is 56.1 cm³/mol. The molecule has 2 aromatic heterocycles. The van der Waals surface area contributed by atoms with Crippen molar-refractivity contribution in [3.8, 4) is 0 Å².